The molecule has 1 heterocycles. The topological polar surface area (TPSA) is 68.0 Å². The van der Waals surface area contributed by atoms with E-state index in [1.54, 1.807) is 12.1 Å². The number of aryl methyl sites for hydroxylation is 1. The Bertz CT molecular complexity index is 896. The van der Waals surface area contributed by atoms with Crippen LogP contribution in [0.2, 0.25) is 5.02 Å². The number of benzene rings is 2. The molecule has 0 radical (unpaired) electrons. The Morgan fingerprint density at radius 2 is 2.00 bits per heavy atom. The molecule has 0 saturated heterocycles. The lowest BCUT2D eigenvalue weighted by Gasteiger charge is -2.13. The van der Waals surface area contributed by atoms with Gasteiger partial charge in [-0.25, -0.2) is 0 Å². The summed E-state index contributed by atoms with van der Waals surface area (Å²) in [4.78, 5) is 12.1. The predicted molar refractivity (Wildman–Crippen MR) is 103 cm³/mol. The van der Waals surface area contributed by atoms with Gasteiger partial charge in [-0.2, -0.15) is 0 Å². The van der Waals surface area contributed by atoms with Gasteiger partial charge in [-0.05, 0) is 43.7 Å². The van der Waals surface area contributed by atoms with Gasteiger partial charge in [0.05, 0.1) is 11.8 Å². The lowest BCUT2D eigenvalue weighted by atomic mass is 10.1. The fourth-order valence-corrected chi connectivity index (χ4v) is 3.11. The molecule has 0 fully saturated rings. The molecule has 5 nitrogen and oxygen atoms in total. The molecule has 0 aliphatic heterocycles. The van der Waals surface area contributed by atoms with Gasteiger partial charge in [-0.3, -0.25) is 4.79 Å². The van der Waals surface area contributed by atoms with Crippen molar-refractivity contribution in [3.63, 3.8) is 0 Å². The molecular formula is C19H18ClN3O2S. The molecule has 1 atom stereocenters. The molecular weight excluding hydrogens is 370 g/mol. The highest BCUT2D eigenvalue weighted by Gasteiger charge is 2.13. The van der Waals surface area contributed by atoms with Crippen molar-refractivity contribution >= 4 is 29.3 Å². The van der Waals surface area contributed by atoms with Crippen molar-refractivity contribution in [3.05, 3.63) is 64.7 Å². The summed E-state index contributed by atoms with van der Waals surface area (Å²) < 4.78 is 5.62. The Morgan fingerprint density at radius 3 is 2.73 bits per heavy atom. The molecule has 1 amide bonds. The number of nitrogens with zero attached hydrogens (tertiary/aromatic N) is 2. The monoisotopic (exact) mass is 387 g/mol. The summed E-state index contributed by atoms with van der Waals surface area (Å²) in [6.07, 6.45) is 0. The number of nitrogens with one attached hydrogen (secondary N) is 1. The second-order valence-corrected chi connectivity index (χ2v) is 7.24. The Hall–Kier alpha value is -2.31. The Labute approximate surface area is 161 Å². The first-order valence-electron chi connectivity index (χ1n) is 8.09. The van der Waals surface area contributed by atoms with Crippen molar-refractivity contribution in [1.82, 2.24) is 15.5 Å². The van der Waals surface area contributed by atoms with E-state index in [4.69, 9.17) is 16.0 Å². The molecule has 0 aliphatic carbocycles. The second kappa shape index (κ2) is 8.38. The van der Waals surface area contributed by atoms with Crippen LogP contribution < -0.4 is 5.32 Å². The number of aromatic nitrogens is 2. The van der Waals surface area contributed by atoms with Crippen LogP contribution in [-0.2, 0) is 4.79 Å². The highest BCUT2D eigenvalue weighted by Crippen LogP contribution is 2.24. The zero-order valence-electron chi connectivity index (χ0n) is 14.4. The molecule has 1 aromatic heterocycles. The van der Waals surface area contributed by atoms with E-state index in [1.165, 1.54) is 11.8 Å². The minimum Gasteiger partial charge on any atom is -0.411 e. The third-order valence-electron chi connectivity index (χ3n) is 3.75. The van der Waals surface area contributed by atoms with E-state index in [0.717, 1.165) is 16.7 Å². The lowest BCUT2D eigenvalue weighted by molar-refractivity contribution is -0.119. The van der Waals surface area contributed by atoms with Crippen LogP contribution >= 0.6 is 23.4 Å². The number of hydrogen-bond acceptors (Lipinski definition) is 5. The third-order valence-corrected chi connectivity index (χ3v) is 4.82. The van der Waals surface area contributed by atoms with Gasteiger partial charge in [0.15, 0.2) is 0 Å². The molecule has 0 aliphatic rings. The van der Waals surface area contributed by atoms with Crippen molar-refractivity contribution in [1.29, 1.82) is 0 Å². The maximum Gasteiger partial charge on any atom is 0.277 e. The summed E-state index contributed by atoms with van der Waals surface area (Å²) in [6, 6.07) is 15.1. The standard InChI is InChI=1S/C19H18ClN3O2S/c1-12-4-3-5-15(10-12)18-22-23-19(25-18)26-11-17(24)21-13(2)14-6-8-16(20)9-7-14/h3-10,13H,11H2,1-2H3,(H,21,24)/t13-/m0/s1. The predicted octanol–water partition coefficient (Wildman–Crippen LogP) is 4.67. The summed E-state index contributed by atoms with van der Waals surface area (Å²) in [5.74, 6) is 0.548. The van der Waals surface area contributed by atoms with E-state index in [1.807, 2.05) is 50.2 Å². The van der Waals surface area contributed by atoms with E-state index in [2.05, 4.69) is 15.5 Å². The number of carbonyl (C=O) groups excluding carboxylic acids is 1. The zero-order valence-corrected chi connectivity index (χ0v) is 16.0. The van der Waals surface area contributed by atoms with Gasteiger partial charge in [-0.1, -0.05) is 53.2 Å². The van der Waals surface area contributed by atoms with Crippen molar-refractivity contribution in [2.75, 3.05) is 5.75 Å². The number of hydrogen-bond donors (Lipinski definition) is 1. The minimum atomic E-state index is -0.106. The highest BCUT2D eigenvalue weighted by molar-refractivity contribution is 7.99. The van der Waals surface area contributed by atoms with E-state index in [9.17, 15) is 4.79 Å². The second-order valence-electron chi connectivity index (χ2n) is 5.87. The van der Waals surface area contributed by atoms with Crippen LogP contribution in [0, 0.1) is 6.92 Å². The molecule has 0 spiro atoms. The van der Waals surface area contributed by atoms with Gasteiger partial charge >= 0.3 is 0 Å². The Kier molecular flexibility index (Phi) is 5.96. The quantitative estimate of drug-likeness (QED) is 0.622. The van der Waals surface area contributed by atoms with E-state index >= 15 is 0 Å². The van der Waals surface area contributed by atoms with Gasteiger partial charge in [0.2, 0.25) is 11.8 Å². The average Bonchev–Trinajstić information content (AvgIpc) is 3.09. The zero-order chi connectivity index (χ0) is 18.5. The van der Waals surface area contributed by atoms with Crippen molar-refractivity contribution in [2.45, 2.75) is 25.1 Å². The van der Waals surface area contributed by atoms with Crippen molar-refractivity contribution in [3.8, 4) is 11.5 Å². The summed E-state index contributed by atoms with van der Waals surface area (Å²) in [5, 5.41) is 12.0. The smallest absolute Gasteiger partial charge is 0.277 e. The van der Waals surface area contributed by atoms with Crippen molar-refractivity contribution < 1.29 is 9.21 Å². The molecule has 3 aromatic rings. The first-order valence-corrected chi connectivity index (χ1v) is 9.46. The van der Waals surface area contributed by atoms with Crippen LogP contribution in [0.25, 0.3) is 11.5 Å². The number of amides is 1. The average molecular weight is 388 g/mol. The van der Waals surface area contributed by atoms with Gasteiger partial charge in [-0.15, -0.1) is 10.2 Å². The highest BCUT2D eigenvalue weighted by atomic mass is 35.5. The Balaban J connectivity index is 1.54. The van der Waals surface area contributed by atoms with Gasteiger partial charge in [0.25, 0.3) is 5.22 Å². The summed E-state index contributed by atoms with van der Waals surface area (Å²) in [6.45, 7) is 3.93. The van der Waals surface area contributed by atoms with Crippen LogP contribution in [0.15, 0.2) is 58.2 Å². The Morgan fingerprint density at radius 1 is 1.23 bits per heavy atom. The fourth-order valence-electron chi connectivity index (χ4n) is 2.41. The van der Waals surface area contributed by atoms with Crippen LogP contribution in [0.4, 0.5) is 0 Å². The molecule has 0 bridgehead atoms. The van der Waals surface area contributed by atoms with Crippen molar-refractivity contribution in [2.24, 2.45) is 0 Å². The SMILES string of the molecule is Cc1cccc(-c2nnc(SCC(=O)N[C@@H](C)c3ccc(Cl)cc3)o2)c1. The van der Waals surface area contributed by atoms with Crippen LogP contribution in [0.5, 0.6) is 0 Å². The van der Waals surface area contributed by atoms with E-state index in [-0.39, 0.29) is 17.7 Å². The maximum atomic E-state index is 12.1. The number of carbonyl (C=O) groups is 1. The number of rotatable bonds is 6. The summed E-state index contributed by atoms with van der Waals surface area (Å²) in [5.41, 5.74) is 2.97. The van der Waals surface area contributed by atoms with E-state index < -0.39 is 0 Å². The van der Waals surface area contributed by atoms with Crippen LogP contribution in [0.3, 0.4) is 0 Å². The van der Waals surface area contributed by atoms with Crippen LogP contribution in [0.1, 0.15) is 24.1 Å². The molecule has 134 valence electrons. The molecule has 1 N–H and O–H groups in total. The third kappa shape index (κ3) is 4.86. The molecule has 0 unspecified atom stereocenters. The lowest BCUT2D eigenvalue weighted by Crippen LogP contribution is -2.28. The molecule has 26 heavy (non-hydrogen) atoms. The molecule has 0 saturated carbocycles. The normalized spacial score (nSPS) is 12.0. The largest absolute Gasteiger partial charge is 0.411 e. The van der Waals surface area contributed by atoms with Gasteiger partial charge < -0.3 is 9.73 Å². The minimum absolute atomic E-state index is 0.104. The first kappa shape index (κ1) is 18.5. The van der Waals surface area contributed by atoms with Crippen LogP contribution in [-0.4, -0.2) is 21.9 Å². The van der Waals surface area contributed by atoms with E-state index in [0.29, 0.717) is 16.1 Å². The summed E-state index contributed by atoms with van der Waals surface area (Å²) in [7, 11) is 0. The molecule has 3 rings (SSSR count). The molecule has 7 heteroatoms. The fraction of sp³-hybridized carbons (Fsp3) is 0.211. The number of thioether (sulfide) groups is 1. The summed E-state index contributed by atoms with van der Waals surface area (Å²) >= 11 is 7.09. The van der Waals surface area contributed by atoms with Gasteiger partial charge in [0.1, 0.15) is 0 Å². The van der Waals surface area contributed by atoms with Gasteiger partial charge in [0, 0.05) is 10.6 Å². The molecule has 2 aromatic carbocycles. The number of halogens is 1. The first-order chi connectivity index (χ1) is 12.5. The maximum absolute atomic E-state index is 12.1.